The fourth-order valence-corrected chi connectivity index (χ4v) is 13.7. The molecule has 42 heavy (non-hydrogen) atoms. The molecule has 0 saturated heterocycles. The summed E-state index contributed by atoms with van der Waals surface area (Å²) in [7, 11) is -5.69. The molecule has 2 aliphatic carbocycles. The Labute approximate surface area is 257 Å². The lowest BCUT2D eigenvalue weighted by molar-refractivity contribution is -0.159. The molecule has 1 aromatic carbocycles. The number of aromatic nitrogens is 1. The summed E-state index contributed by atoms with van der Waals surface area (Å²) in [6, 6.07) is 10.1. The topological polar surface area (TPSA) is 56.3 Å². The summed E-state index contributed by atoms with van der Waals surface area (Å²) in [6.07, 6.45) is 7.26. The summed E-state index contributed by atoms with van der Waals surface area (Å²) in [5.41, 5.74) is 0.496. The van der Waals surface area contributed by atoms with E-state index in [0.717, 1.165) is 60.5 Å². The maximum atomic E-state index is 15.7. The maximum absolute atomic E-state index is 15.7. The van der Waals surface area contributed by atoms with Crippen LogP contribution < -0.4 is 0 Å². The van der Waals surface area contributed by atoms with E-state index in [2.05, 4.69) is 39.6 Å². The highest BCUT2D eigenvalue weighted by atomic mass is 32.2. The highest BCUT2D eigenvalue weighted by Gasteiger charge is 2.53. The van der Waals surface area contributed by atoms with Crippen LogP contribution in [-0.2, 0) is 14.3 Å². The number of rotatable bonds is 13. The number of sulfone groups is 1. The van der Waals surface area contributed by atoms with Crippen LogP contribution in [-0.4, -0.2) is 39.0 Å². The van der Waals surface area contributed by atoms with Gasteiger partial charge in [-0.3, -0.25) is 0 Å². The second-order valence-electron chi connectivity index (χ2n) is 13.7. The van der Waals surface area contributed by atoms with Crippen molar-refractivity contribution in [3.05, 3.63) is 35.9 Å². The van der Waals surface area contributed by atoms with Gasteiger partial charge >= 0.3 is 0 Å². The second kappa shape index (κ2) is 12.7. The summed E-state index contributed by atoms with van der Waals surface area (Å²) >= 11 is 1.23. The highest BCUT2D eigenvalue weighted by molar-refractivity contribution is 7.93. The lowest BCUT2D eigenvalue weighted by Gasteiger charge is -2.45. The molecule has 2 fully saturated rings. The molecule has 236 valence electrons. The standard InChI is InChI=1S/C33H51F2NO3S2Si/c1-8-42(9-2,10-3)39-31(5,6)33(34,35)22-19-24(4)26-17-18-27-25(14-13-21-32(26,27)7)20-23-41(37,38)30-36-28-15-11-12-16-29(28)40-30/h11-12,15-16,20,24,26-27H,8-10,13-14,17-19,21-23H2,1-7H3/b25-20+/t24?,26-,27+,32-/m1/s1. The normalized spacial score (nSPS) is 25.7. The second-order valence-corrected chi connectivity index (χ2v) is 21.6. The quantitative estimate of drug-likeness (QED) is 0.162. The molecule has 1 heterocycles. The van der Waals surface area contributed by atoms with E-state index in [1.54, 1.807) is 13.8 Å². The third-order valence-corrected chi connectivity index (χ3v) is 18.9. The first-order valence-electron chi connectivity index (χ1n) is 16.0. The average molecular weight is 640 g/mol. The Kier molecular flexibility index (Phi) is 10.2. The Morgan fingerprint density at radius 1 is 1.17 bits per heavy atom. The molecule has 4 atom stereocenters. The number of hydrogen-bond acceptors (Lipinski definition) is 5. The van der Waals surface area contributed by atoms with Crippen LogP contribution in [0.2, 0.25) is 18.1 Å². The molecule has 4 nitrogen and oxygen atoms in total. The number of allylic oxidation sites excluding steroid dienone is 1. The van der Waals surface area contributed by atoms with Crippen LogP contribution in [0.25, 0.3) is 10.2 Å². The number of para-hydroxylation sites is 1. The molecule has 0 N–H and O–H groups in total. The number of alkyl halides is 2. The fourth-order valence-electron chi connectivity index (χ4n) is 8.02. The highest BCUT2D eigenvalue weighted by Crippen LogP contribution is 2.60. The predicted molar refractivity (Wildman–Crippen MR) is 174 cm³/mol. The Balaban J connectivity index is 1.43. The van der Waals surface area contributed by atoms with E-state index in [4.69, 9.17) is 4.43 Å². The van der Waals surface area contributed by atoms with Gasteiger partial charge in [-0.2, -0.15) is 0 Å². The molecule has 1 unspecified atom stereocenters. The zero-order valence-corrected chi connectivity index (χ0v) is 29.3. The molecule has 9 heteroatoms. The van der Waals surface area contributed by atoms with Crippen LogP contribution in [0.5, 0.6) is 0 Å². The SMILES string of the molecule is CC[Si](CC)(CC)OC(C)(C)C(F)(F)CCC(C)[C@H]1CC[C@H]2/C(=C/CS(=O)(=O)c3nc4ccccc4s3)CCC[C@]12C. The first-order chi connectivity index (χ1) is 19.6. The number of fused-ring (bicyclic) bond motifs is 2. The lowest BCUT2D eigenvalue weighted by Crippen LogP contribution is -2.53. The largest absolute Gasteiger partial charge is 0.406 e. The van der Waals surface area contributed by atoms with Gasteiger partial charge < -0.3 is 4.43 Å². The van der Waals surface area contributed by atoms with Gasteiger partial charge in [0.05, 0.1) is 16.0 Å². The van der Waals surface area contributed by atoms with Crippen molar-refractivity contribution in [3.63, 3.8) is 0 Å². The van der Waals surface area contributed by atoms with Gasteiger partial charge in [0, 0.05) is 6.42 Å². The first-order valence-corrected chi connectivity index (χ1v) is 21.0. The Morgan fingerprint density at radius 3 is 2.48 bits per heavy atom. The fraction of sp³-hybridized carbons (Fsp3) is 0.727. The molecule has 4 rings (SSSR count). The van der Waals surface area contributed by atoms with Crippen molar-refractivity contribution >= 4 is 39.7 Å². The van der Waals surface area contributed by atoms with E-state index >= 15 is 8.78 Å². The van der Waals surface area contributed by atoms with Crippen LogP contribution in [0, 0.1) is 23.2 Å². The van der Waals surface area contributed by atoms with Crippen molar-refractivity contribution in [3.8, 4) is 0 Å². The van der Waals surface area contributed by atoms with E-state index in [9.17, 15) is 8.42 Å². The molecular weight excluding hydrogens is 589 g/mol. The molecular formula is C33H51F2NO3S2Si. The number of halogens is 2. The predicted octanol–water partition coefficient (Wildman–Crippen LogP) is 10.1. The van der Waals surface area contributed by atoms with E-state index < -0.39 is 29.7 Å². The molecule has 2 aromatic rings. The van der Waals surface area contributed by atoms with Crippen molar-refractivity contribution in [1.29, 1.82) is 0 Å². The van der Waals surface area contributed by atoms with Gasteiger partial charge in [-0.25, -0.2) is 22.2 Å². The number of hydrogen-bond donors (Lipinski definition) is 0. The van der Waals surface area contributed by atoms with Gasteiger partial charge in [-0.1, -0.05) is 58.4 Å². The lowest BCUT2D eigenvalue weighted by atomic mass is 9.60. The van der Waals surface area contributed by atoms with Crippen LogP contribution in [0.4, 0.5) is 8.78 Å². The van der Waals surface area contributed by atoms with Crippen molar-refractivity contribution in [2.45, 2.75) is 127 Å². The Bertz CT molecular complexity index is 1330. The minimum atomic E-state index is -3.52. The Hall–Kier alpha value is -1.16. The summed E-state index contributed by atoms with van der Waals surface area (Å²) in [5.74, 6) is -2.10. The molecule has 2 saturated carbocycles. The van der Waals surface area contributed by atoms with Gasteiger partial charge in [-0.15, -0.1) is 11.3 Å². The molecule has 0 bridgehead atoms. The third kappa shape index (κ3) is 6.59. The van der Waals surface area contributed by atoms with Gasteiger partial charge in [0.1, 0.15) is 5.60 Å². The van der Waals surface area contributed by atoms with E-state index in [1.807, 2.05) is 30.3 Å². The monoisotopic (exact) mass is 639 g/mol. The summed E-state index contributed by atoms with van der Waals surface area (Å²) in [4.78, 5) is 4.39. The van der Waals surface area contributed by atoms with Crippen molar-refractivity contribution in [2.75, 3.05) is 5.75 Å². The minimum absolute atomic E-state index is 0.0130. The van der Waals surface area contributed by atoms with Gasteiger partial charge in [0.25, 0.3) is 5.92 Å². The minimum Gasteiger partial charge on any atom is -0.406 e. The molecule has 1 aromatic heterocycles. The average Bonchev–Trinajstić information content (AvgIpc) is 3.55. The summed E-state index contributed by atoms with van der Waals surface area (Å²) in [6.45, 7) is 13.9. The van der Waals surface area contributed by atoms with Crippen LogP contribution in [0.1, 0.15) is 93.4 Å². The molecule has 0 spiro atoms. The van der Waals surface area contributed by atoms with E-state index in [0.29, 0.717) is 18.3 Å². The van der Waals surface area contributed by atoms with Crippen molar-refractivity contribution in [1.82, 2.24) is 4.98 Å². The van der Waals surface area contributed by atoms with Crippen LogP contribution in [0.3, 0.4) is 0 Å². The van der Waals surface area contributed by atoms with Crippen LogP contribution >= 0.6 is 11.3 Å². The summed E-state index contributed by atoms with van der Waals surface area (Å²) < 4.78 is 65.3. The number of nitrogens with zero attached hydrogens (tertiary/aromatic N) is 1. The molecule has 0 amide bonds. The maximum Gasteiger partial charge on any atom is 0.274 e. The van der Waals surface area contributed by atoms with E-state index in [1.165, 1.54) is 16.9 Å². The van der Waals surface area contributed by atoms with Crippen molar-refractivity contribution < 1.29 is 21.6 Å². The van der Waals surface area contributed by atoms with E-state index in [-0.39, 0.29) is 27.8 Å². The first kappa shape index (κ1) is 33.7. The zero-order valence-electron chi connectivity index (χ0n) is 26.6. The van der Waals surface area contributed by atoms with Gasteiger partial charge in [0.15, 0.2) is 8.32 Å². The smallest absolute Gasteiger partial charge is 0.274 e. The molecule has 0 aliphatic heterocycles. The summed E-state index contributed by atoms with van der Waals surface area (Å²) in [5, 5.41) is 0. The molecule has 2 aliphatic rings. The number of thiazole rings is 1. The third-order valence-electron chi connectivity index (χ3n) is 11.0. The van der Waals surface area contributed by atoms with Gasteiger partial charge in [0.2, 0.25) is 14.2 Å². The Morgan fingerprint density at radius 2 is 1.83 bits per heavy atom. The zero-order chi connectivity index (χ0) is 31.0. The van der Waals surface area contributed by atoms with Crippen LogP contribution in [0.15, 0.2) is 40.3 Å². The van der Waals surface area contributed by atoms with Crippen molar-refractivity contribution in [2.24, 2.45) is 23.2 Å². The van der Waals surface area contributed by atoms with Gasteiger partial charge in [-0.05, 0) is 106 Å². The number of benzene rings is 1. The molecule has 0 radical (unpaired) electrons.